The Bertz CT molecular complexity index is 502. The van der Waals surface area contributed by atoms with Crippen molar-refractivity contribution in [2.45, 2.75) is 31.3 Å². The molecule has 0 bridgehead atoms. The predicted molar refractivity (Wildman–Crippen MR) is 72.9 cm³/mol. The molecule has 1 atom stereocenters. The lowest BCUT2D eigenvalue weighted by atomic mass is 9.94. The van der Waals surface area contributed by atoms with Crippen molar-refractivity contribution in [2.75, 3.05) is 19.0 Å². The molecule has 0 radical (unpaired) electrons. The van der Waals surface area contributed by atoms with Gasteiger partial charge in [0.15, 0.2) is 0 Å². The van der Waals surface area contributed by atoms with Crippen LogP contribution in [-0.2, 0) is 4.74 Å². The quantitative estimate of drug-likeness (QED) is 0.919. The Morgan fingerprint density at radius 2 is 2.32 bits per heavy atom. The van der Waals surface area contributed by atoms with Crippen molar-refractivity contribution in [1.29, 1.82) is 0 Å². The zero-order chi connectivity index (χ0) is 14.0. The molecule has 0 saturated carbocycles. The van der Waals surface area contributed by atoms with E-state index in [-0.39, 0.29) is 12.7 Å². The molecule has 0 aliphatic carbocycles. The highest BCUT2D eigenvalue weighted by molar-refractivity contribution is 7.99. The second-order valence-corrected chi connectivity index (χ2v) is 5.70. The number of carboxylic acids is 1. The SMILES string of the molecule is Cc1cc(C(=O)O)c(C)c2c1SCCC2OCCF. The Hall–Kier alpha value is -1.07. The lowest BCUT2D eigenvalue weighted by Gasteiger charge is -2.29. The van der Waals surface area contributed by atoms with Gasteiger partial charge in [0, 0.05) is 10.6 Å². The van der Waals surface area contributed by atoms with Crippen LogP contribution < -0.4 is 0 Å². The number of thioether (sulfide) groups is 1. The first-order valence-electron chi connectivity index (χ1n) is 6.24. The Balaban J connectivity index is 2.50. The van der Waals surface area contributed by atoms with E-state index in [1.165, 1.54) is 0 Å². The molecule has 0 fully saturated rings. The highest BCUT2D eigenvalue weighted by Gasteiger charge is 2.27. The third-order valence-electron chi connectivity index (χ3n) is 3.35. The molecular weight excluding hydrogens is 267 g/mol. The first-order chi connectivity index (χ1) is 9.06. The van der Waals surface area contributed by atoms with Gasteiger partial charge in [-0.3, -0.25) is 0 Å². The summed E-state index contributed by atoms with van der Waals surface area (Å²) in [5.41, 5.74) is 2.94. The normalized spacial score (nSPS) is 18.2. The van der Waals surface area contributed by atoms with Crippen molar-refractivity contribution in [2.24, 2.45) is 0 Å². The smallest absolute Gasteiger partial charge is 0.335 e. The molecule has 5 heteroatoms. The maximum Gasteiger partial charge on any atom is 0.335 e. The van der Waals surface area contributed by atoms with E-state index >= 15 is 0 Å². The topological polar surface area (TPSA) is 46.5 Å². The van der Waals surface area contributed by atoms with E-state index in [1.54, 1.807) is 24.8 Å². The first kappa shape index (κ1) is 14.3. The summed E-state index contributed by atoms with van der Waals surface area (Å²) in [6.45, 7) is 3.26. The number of alkyl halides is 1. The fraction of sp³-hybridized carbons (Fsp3) is 0.500. The van der Waals surface area contributed by atoms with Gasteiger partial charge in [0.05, 0.1) is 18.3 Å². The Labute approximate surface area is 116 Å². The fourth-order valence-electron chi connectivity index (χ4n) is 2.49. The van der Waals surface area contributed by atoms with Crippen LogP contribution in [0, 0.1) is 13.8 Å². The summed E-state index contributed by atoms with van der Waals surface area (Å²) >= 11 is 1.72. The monoisotopic (exact) mass is 284 g/mol. The molecule has 0 saturated heterocycles. The van der Waals surface area contributed by atoms with Gasteiger partial charge in [-0.1, -0.05) is 0 Å². The lowest BCUT2D eigenvalue weighted by Crippen LogP contribution is -2.17. The van der Waals surface area contributed by atoms with E-state index in [1.807, 2.05) is 6.92 Å². The van der Waals surface area contributed by atoms with Crippen molar-refractivity contribution < 1.29 is 19.0 Å². The van der Waals surface area contributed by atoms with Gasteiger partial charge in [-0.2, -0.15) is 0 Å². The largest absolute Gasteiger partial charge is 0.478 e. The highest BCUT2D eigenvalue weighted by Crippen LogP contribution is 2.42. The number of aromatic carboxylic acids is 1. The molecule has 1 aliphatic rings. The molecule has 1 aromatic carbocycles. The van der Waals surface area contributed by atoms with E-state index in [2.05, 4.69) is 0 Å². The summed E-state index contributed by atoms with van der Waals surface area (Å²) in [4.78, 5) is 12.4. The zero-order valence-corrected chi connectivity index (χ0v) is 11.8. The van der Waals surface area contributed by atoms with E-state index < -0.39 is 12.6 Å². The number of fused-ring (bicyclic) bond motifs is 1. The van der Waals surface area contributed by atoms with Crippen LogP contribution in [0.2, 0.25) is 0 Å². The van der Waals surface area contributed by atoms with Crippen LogP contribution in [0.3, 0.4) is 0 Å². The standard InChI is InChI=1S/C14H17FO3S/c1-8-7-10(14(16)17)9(2)12-11(18-5-4-15)3-6-19-13(8)12/h7,11H,3-6H2,1-2H3,(H,16,17). The minimum absolute atomic E-state index is 0.0601. The molecular formula is C14H17FO3S. The van der Waals surface area contributed by atoms with Crippen molar-refractivity contribution >= 4 is 17.7 Å². The maximum atomic E-state index is 12.3. The van der Waals surface area contributed by atoms with Gasteiger partial charge in [0.2, 0.25) is 0 Å². The van der Waals surface area contributed by atoms with Crippen molar-refractivity contribution in [1.82, 2.24) is 0 Å². The molecule has 104 valence electrons. The maximum absolute atomic E-state index is 12.3. The predicted octanol–water partition coefficient (Wildman–Crippen LogP) is 3.52. The van der Waals surface area contributed by atoms with Gasteiger partial charge in [0.25, 0.3) is 0 Å². The van der Waals surface area contributed by atoms with Gasteiger partial charge in [-0.15, -0.1) is 11.8 Å². The number of benzene rings is 1. The van der Waals surface area contributed by atoms with Crippen molar-refractivity contribution in [3.8, 4) is 0 Å². The first-order valence-corrected chi connectivity index (χ1v) is 7.22. The molecule has 0 aromatic heterocycles. The second-order valence-electron chi connectivity index (χ2n) is 4.60. The van der Waals surface area contributed by atoms with Crippen LogP contribution in [0.4, 0.5) is 4.39 Å². The van der Waals surface area contributed by atoms with E-state index in [4.69, 9.17) is 4.74 Å². The van der Waals surface area contributed by atoms with Crippen LogP contribution in [0.5, 0.6) is 0 Å². The molecule has 2 rings (SSSR count). The number of aryl methyl sites for hydroxylation is 1. The number of rotatable bonds is 4. The molecule has 0 amide bonds. The number of carbonyl (C=O) groups is 1. The van der Waals surface area contributed by atoms with Gasteiger partial charge in [-0.05, 0) is 43.0 Å². The van der Waals surface area contributed by atoms with Gasteiger partial charge >= 0.3 is 5.97 Å². The molecule has 1 aromatic rings. The molecule has 19 heavy (non-hydrogen) atoms. The van der Waals surface area contributed by atoms with Crippen LogP contribution >= 0.6 is 11.8 Å². The number of hydrogen-bond donors (Lipinski definition) is 1. The molecule has 3 nitrogen and oxygen atoms in total. The van der Waals surface area contributed by atoms with Gasteiger partial charge in [-0.25, -0.2) is 9.18 Å². The summed E-state index contributed by atoms with van der Waals surface area (Å²) < 4.78 is 17.8. The summed E-state index contributed by atoms with van der Waals surface area (Å²) in [6, 6.07) is 1.71. The molecule has 1 heterocycles. The second kappa shape index (κ2) is 5.92. The van der Waals surface area contributed by atoms with E-state index in [0.29, 0.717) is 5.56 Å². The number of carboxylic acid groups (broad SMARTS) is 1. The Morgan fingerprint density at radius 1 is 1.58 bits per heavy atom. The fourth-order valence-corrected chi connectivity index (χ4v) is 3.75. The van der Waals surface area contributed by atoms with Crippen molar-refractivity contribution in [3.63, 3.8) is 0 Å². The van der Waals surface area contributed by atoms with Crippen molar-refractivity contribution in [3.05, 3.63) is 28.3 Å². The number of hydrogen-bond acceptors (Lipinski definition) is 3. The van der Waals surface area contributed by atoms with E-state index in [9.17, 15) is 14.3 Å². The molecule has 0 spiro atoms. The van der Waals surface area contributed by atoms with Crippen LogP contribution in [0.25, 0.3) is 0 Å². The van der Waals surface area contributed by atoms with Gasteiger partial charge in [0.1, 0.15) is 6.67 Å². The Kier molecular flexibility index (Phi) is 4.47. The van der Waals surface area contributed by atoms with Crippen LogP contribution in [-0.4, -0.2) is 30.1 Å². The summed E-state index contributed by atoms with van der Waals surface area (Å²) in [5.74, 6) is -0.0142. The number of ether oxygens (including phenoxy) is 1. The Morgan fingerprint density at radius 3 is 2.95 bits per heavy atom. The number of halogens is 1. The van der Waals surface area contributed by atoms with Gasteiger partial charge < -0.3 is 9.84 Å². The lowest BCUT2D eigenvalue weighted by molar-refractivity contribution is 0.0385. The summed E-state index contributed by atoms with van der Waals surface area (Å²) in [6.07, 6.45) is 0.603. The van der Waals surface area contributed by atoms with E-state index in [0.717, 1.165) is 33.8 Å². The van der Waals surface area contributed by atoms with Crippen LogP contribution in [0.15, 0.2) is 11.0 Å². The van der Waals surface area contributed by atoms with Crippen LogP contribution in [0.1, 0.15) is 39.6 Å². The molecule has 1 N–H and O–H groups in total. The minimum atomic E-state index is -0.928. The zero-order valence-electron chi connectivity index (χ0n) is 11.0. The third-order valence-corrected chi connectivity index (χ3v) is 4.62. The highest BCUT2D eigenvalue weighted by atomic mass is 32.2. The summed E-state index contributed by atoms with van der Waals surface area (Å²) in [5, 5.41) is 9.25. The minimum Gasteiger partial charge on any atom is -0.478 e. The average molecular weight is 284 g/mol. The third kappa shape index (κ3) is 2.77. The average Bonchev–Trinajstić information content (AvgIpc) is 2.39. The molecule has 1 aliphatic heterocycles. The molecule has 1 unspecified atom stereocenters. The summed E-state index contributed by atoms with van der Waals surface area (Å²) in [7, 11) is 0.